The van der Waals surface area contributed by atoms with Crippen molar-refractivity contribution >= 4 is 11.0 Å². The molecule has 0 radical (unpaired) electrons. The third-order valence-corrected chi connectivity index (χ3v) is 2.62. The van der Waals surface area contributed by atoms with Gasteiger partial charge >= 0.3 is 0 Å². The molecule has 2 heterocycles. The van der Waals surface area contributed by atoms with Crippen LogP contribution < -0.4 is 5.56 Å². The van der Waals surface area contributed by atoms with Crippen LogP contribution in [0.1, 0.15) is 26.5 Å². The van der Waals surface area contributed by atoms with E-state index in [1.165, 1.54) is 0 Å². The Kier molecular flexibility index (Phi) is 2.86. The molecule has 86 valence electrons. The molecule has 0 aromatic carbocycles. The Morgan fingerprint density at radius 1 is 1.44 bits per heavy atom. The lowest BCUT2D eigenvalue weighted by atomic mass is 10.2. The van der Waals surface area contributed by atoms with Gasteiger partial charge in [0.15, 0.2) is 0 Å². The SMILES string of the molecule is CCc1cc2c(=O)n(CC(C)C)ccc2o1. The van der Waals surface area contributed by atoms with E-state index in [9.17, 15) is 4.79 Å². The number of nitrogens with zero attached hydrogens (tertiary/aromatic N) is 1. The van der Waals surface area contributed by atoms with Crippen LogP contribution in [0.3, 0.4) is 0 Å². The van der Waals surface area contributed by atoms with E-state index in [2.05, 4.69) is 13.8 Å². The van der Waals surface area contributed by atoms with Gasteiger partial charge in [-0.1, -0.05) is 20.8 Å². The van der Waals surface area contributed by atoms with Crippen molar-refractivity contribution in [3.63, 3.8) is 0 Å². The second kappa shape index (κ2) is 4.16. The van der Waals surface area contributed by atoms with Crippen molar-refractivity contribution in [2.45, 2.75) is 33.7 Å². The normalized spacial score (nSPS) is 11.5. The van der Waals surface area contributed by atoms with Gasteiger partial charge in [-0.3, -0.25) is 4.79 Å². The third kappa shape index (κ3) is 1.90. The second-order valence-corrected chi connectivity index (χ2v) is 4.51. The van der Waals surface area contributed by atoms with Crippen molar-refractivity contribution in [3.8, 4) is 0 Å². The van der Waals surface area contributed by atoms with Gasteiger partial charge in [0.1, 0.15) is 11.3 Å². The van der Waals surface area contributed by atoms with Crippen LogP contribution in [0.15, 0.2) is 27.5 Å². The zero-order valence-corrected chi connectivity index (χ0v) is 9.99. The molecule has 0 saturated heterocycles. The smallest absolute Gasteiger partial charge is 0.261 e. The first-order chi connectivity index (χ1) is 7.61. The Hall–Kier alpha value is -1.51. The number of furan rings is 1. The molecule has 0 bridgehead atoms. The van der Waals surface area contributed by atoms with Gasteiger partial charge in [0.25, 0.3) is 5.56 Å². The van der Waals surface area contributed by atoms with E-state index in [0.29, 0.717) is 16.9 Å². The van der Waals surface area contributed by atoms with Gasteiger partial charge in [-0.2, -0.15) is 0 Å². The van der Waals surface area contributed by atoms with Crippen molar-refractivity contribution in [2.75, 3.05) is 0 Å². The third-order valence-electron chi connectivity index (χ3n) is 2.62. The molecule has 0 spiro atoms. The Balaban J connectivity index is 2.55. The van der Waals surface area contributed by atoms with Crippen LogP contribution in [0.5, 0.6) is 0 Å². The fraction of sp³-hybridized carbons (Fsp3) is 0.462. The predicted octanol–water partition coefficient (Wildman–Crippen LogP) is 2.81. The van der Waals surface area contributed by atoms with Crippen LogP contribution in [-0.2, 0) is 13.0 Å². The first-order valence-corrected chi connectivity index (χ1v) is 5.73. The van der Waals surface area contributed by atoms with E-state index in [4.69, 9.17) is 4.42 Å². The molecular formula is C13H17NO2. The number of aryl methyl sites for hydroxylation is 1. The lowest BCUT2D eigenvalue weighted by molar-refractivity contribution is 0.511. The van der Waals surface area contributed by atoms with Crippen molar-refractivity contribution in [1.82, 2.24) is 4.57 Å². The van der Waals surface area contributed by atoms with Gasteiger partial charge in [0.05, 0.1) is 5.39 Å². The van der Waals surface area contributed by atoms with Crippen LogP contribution in [0, 0.1) is 5.92 Å². The molecule has 0 amide bonds. The minimum atomic E-state index is 0.0506. The van der Waals surface area contributed by atoms with Gasteiger partial charge in [0.2, 0.25) is 0 Å². The number of rotatable bonds is 3. The summed E-state index contributed by atoms with van der Waals surface area (Å²) < 4.78 is 7.30. The summed E-state index contributed by atoms with van der Waals surface area (Å²) in [5.41, 5.74) is 0.747. The van der Waals surface area contributed by atoms with Crippen molar-refractivity contribution in [1.29, 1.82) is 0 Å². The van der Waals surface area contributed by atoms with Gasteiger partial charge in [-0.15, -0.1) is 0 Å². The van der Waals surface area contributed by atoms with Gasteiger partial charge < -0.3 is 8.98 Å². The maximum Gasteiger partial charge on any atom is 0.261 e. The Bertz CT molecular complexity index is 549. The zero-order valence-electron chi connectivity index (χ0n) is 9.99. The van der Waals surface area contributed by atoms with Crippen molar-refractivity contribution in [2.24, 2.45) is 5.92 Å². The highest BCUT2D eigenvalue weighted by atomic mass is 16.3. The molecule has 16 heavy (non-hydrogen) atoms. The molecular weight excluding hydrogens is 202 g/mol. The second-order valence-electron chi connectivity index (χ2n) is 4.51. The molecule has 3 heteroatoms. The summed E-state index contributed by atoms with van der Waals surface area (Å²) in [5.74, 6) is 1.34. The standard InChI is InChI=1S/C13H17NO2/c1-4-10-7-11-12(16-10)5-6-14(13(11)15)8-9(2)3/h5-7,9H,4,8H2,1-3H3. The molecule has 2 aromatic rings. The molecule has 2 rings (SSSR count). The summed E-state index contributed by atoms with van der Waals surface area (Å²) in [4.78, 5) is 12.1. The number of aromatic nitrogens is 1. The number of hydrogen-bond acceptors (Lipinski definition) is 2. The first kappa shape index (κ1) is 11.0. The van der Waals surface area contributed by atoms with Gasteiger partial charge in [-0.05, 0) is 18.1 Å². The summed E-state index contributed by atoms with van der Waals surface area (Å²) in [6, 6.07) is 3.73. The average Bonchev–Trinajstić information content (AvgIpc) is 2.65. The summed E-state index contributed by atoms with van der Waals surface area (Å²) in [7, 11) is 0. The number of hydrogen-bond donors (Lipinski definition) is 0. The monoisotopic (exact) mass is 219 g/mol. The van der Waals surface area contributed by atoms with Crippen LogP contribution in [0.25, 0.3) is 11.0 Å². The highest BCUT2D eigenvalue weighted by molar-refractivity contribution is 5.76. The maximum atomic E-state index is 12.1. The molecule has 0 aliphatic carbocycles. The predicted molar refractivity (Wildman–Crippen MR) is 64.7 cm³/mol. The molecule has 0 fully saturated rings. The fourth-order valence-electron chi connectivity index (χ4n) is 1.84. The fourth-order valence-corrected chi connectivity index (χ4v) is 1.84. The molecule has 0 atom stereocenters. The molecule has 0 aliphatic heterocycles. The molecule has 0 N–H and O–H groups in total. The summed E-state index contributed by atoms with van der Waals surface area (Å²) in [5, 5.41) is 0.694. The van der Waals surface area contributed by atoms with E-state index < -0.39 is 0 Å². The lowest BCUT2D eigenvalue weighted by Gasteiger charge is -2.07. The molecule has 2 aromatic heterocycles. The lowest BCUT2D eigenvalue weighted by Crippen LogP contribution is -2.21. The van der Waals surface area contributed by atoms with Crippen LogP contribution in [-0.4, -0.2) is 4.57 Å². The first-order valence-electron chi connectivity index (χ1n) is 5.73. The van der Waals surface area contributed by atoms with Crippen molar-refractivity contribution in [3.05, 3.63) is 34.4 Å². The quantitative estimate of drug-likeness (QED) is 0.795. The number of fused-ring (bicyclic) bond motifs is 1. The van der Waals surface area contributed by atoms with E-state index in [0.717, 1.165) is 18.7 Å². The molecule has 3 nitrogen and oxygen atoms in total. The van der Waals surface area contributed by atoms with E-state index in [1.54, 1.807) is 4.57 Å². The Morgan fingerprint density at radius 2 is 2.19 bits per heavy atom. The highest BCUT2D eigenvalue weighted by Crippen LogP contribution is 2.16. The van der Waals surface area contributed by atoms with Gasteiger partial charge in [-0.25, -0.2) is 0 Å². The summed E-state index contributed by atoms with van der Waals surface area (Å²) in [6.45, 7) is 6.97. The number of pyridine rings is 1. The highest BCUT2D eigenvalue weighted by Gasteiger charge is 2.08. The molecule has 0 unspecified atom stereocenters. The molecule has 0 saturated carbocycles. The van der Waals surface area contributed by atoms with Crippen LogP contribution in [0.2, 0.25) is 0 Å². The Labute approximate surface area is 94.7 Å². The van der Waals surface area contributed by atoms with Crippen LogP contribution in [0.4, 0.5) is 0 Å². The maximum absolute atomic E-state index is 12.1. The zero-order chi connectivity index (χ0) is 11.7. The minimum absolute atomic E-state index is 0.0506. The van der Waals surface area contributed by atoms with Crippen molar-refractivity contribution < 1.29 is 4.42 Å². The Morgan fingerprint density at radius 3 is 2.81 bits per heavy atom. The average molecular weight is 219 g/mol. The van der Waals surface area contributed by atoms with Crippen LogP contribution >= 0.6 is 0 Å². The summed E-state index contributed by atoms with van der Waals surface area (Å²) in [6.07, 6.45) is 2.63. The largest absolute Gasteiger partial charge is 0.461 e. The van der Waals surface area contributed by atoms with E-state index in [-0.39, 0.29) is 5.56 Å². The molecule has 0 aliphatic rings. The minimum Gasteiger partial charge on any atom is -0.461 e. The van der Waals surface area contributed by atoms with E-state index in [1.807, 2.05) is 25.3 Å². The summed E-state index contributed by atoms with van der Waals surface area (Å²) >= 11 is 0. The van der Waals surface area contributed by atoms with E-state index >= 15 is 0 Å². The van der Waals surface area contributed by atoms with Gasteiger partial charge in [0, 0.05) is 19.2 Å². The topological polar surface area (TPSA) is 35.1 Å².